The first kappa shape index (κ1) is 13.1. The summed E-state index contributed by atoms with van der Waals surface area (Å²) in [4.78, 5) is 12.9. The van der Waals surface area contributed by atoms with Crippen molar-refractivity contribution in [3.63, 3.8) is 0 Å². The van der Waals surface area contributed by atoms with Crippen LogP contribution in [0.2, 0.25) is 0 Å². The summed E-state index contributed by atoms with van der Waals surface area (Å²) in [7, 11) is 2.06. The average Bonchev–Trinajstić information content (AvgIpc) is 2.46. The zero-order valence-electron chi connectivity index (χ0n) is 10.9. The minimum Gasteiger partial charge on any atom is -0.478 e. The molecule has 19 heavy (non-hydrogen) atoms. The molecule has 3 nitrogen and oxygen atoms in total. The van der Waals surface area contributed by atoms with E-state index in [-0.39, 0.29) is 0 Å². The number of anilines is 1. The third-order valence-electron chi connectivity index (χ3n) is 3.13. The first-order valence-electron chi connectivity index (χ1n) is 6.25. The minimum absolute atomic E-state index is 0.333. The molecule has 0 radical (unpaired) electrons. The van der Waals surface area contributed by atoms with Crippen LogP contribution in [0.25, 0.3) is 0 Å². The van der Waals surface area contributed by atoms with Gasteiger partial charge in [-0.1, -0.05) is 30.3 Å². The first-order valence-corrected chi connectivity index (χ1v) is 6.25. The van der Waals surface area contributed by atoms with E-state index in [1.165, 1.54) is 5.69 Å². The average molecular weight is 255 g/mol. The third-order valence-corrected chi connectivity index (χ3v) is 3.13. The SMILES string of the molecule is CN(CCc1ccc(C(=O)O)cc1)c1ccccc1. The van der Waals surface area contributed by atoms with E-state index in [1.54, 1.807) is 12.1 Å². The lowest BCUT2D eigenvalue weighted by Crippen LogP contribution is -2.20. The maximum atomic E-state index is 10.8. The van der Waals surface area contributed by atoms with Crippen LogP contribution in [0.3, 0.4) is 0 Å². The predicted molar refractivity (Wildman–Crippen MR) is 76.8 cm³/mol. The van der Waals surface area contributed by atoms with Gasteiger partial charge in [0.15, 0.2) is 0 Å². The molecule has 2 aromatic carbocycles. The Balaban J connectivity index is 1.93. The monoisotopic (exact) mass is 255 g/mol. The van der Waals surface area contributed by atoms with Gasteiger partial charge in [-0.05, 0) is 36.2 Å². The summed E-state index contributed by atoms with van der Waals surface area (Å²) in [6, 6.07) is 17.3. The molecular weight excluding hydrogens is 238 g/mol. The Morgan fingerprint density at radius 2 is 1.68 bits per heavy atom. The molecule has 0 atom stereocenters. The maximum Gasteiger partial charge on any atom is 0.335 e. The smallest absolute Gasteiger partial charge is 0.335 e. The number of carbonyl (C=O) groups is 1. The van der Waals surface area contributed by atoms with Crippen molar-refractivity contribution in [3.05, 3.63) is 65.7 Å². The van der Waals surface area contributed by atoms with E-state index in [0.29, 0.717) is 5.56 Å². The largest absolute Gasteiger partial charge is 0.478 e. The Morgan fingerprint density at radius 3 is 2.26 bits per heavy atom. The summed E-state index contributed by atoms with van der Waals surface area (Å²) < 4.78 is 0. The van der Waals surface area contributed by atoms with E-state index in [9.17, 15) is 4.79 Å². The molecule has 1 N–H and O–H groups in total. The number of aromatic carboxylic acids is 1. The van der Waals surface area contributed by atoms with Gasteiger partial charge in [-0.3, -0.25) is 0 Å². The molecule has 0 bridgehead atoms. The second-order valence-corrected chi connectivity index (χ2v) is 4.51. The van der Waals surface area contributed by atoms with Crippen LogP contribution >= 0.6 is 0 Å². The molecule has 2 rings (SSSR count). The lowest BCUT2D eigenvalue weighted by molar-refractivity contribution is 0.0697. The van der Waals surface area contributed by atoms with Gasteiger partial charge in [0.05, 0.1) is 5.56 Å². The van der Waals surface area contributed by atoms with Crippen molar-refractivity contribution in [1.29, 1.82) is 0 Å². The van der Waals surface area contributed by atoms with Gasteiger partial charge >= 0.3 is 5.97 Å². The van der Waals surface area contributed by atoms with E-state index in [4.69, 9.17) is 5.11 Å². The van der Waals surface area contributed by atoms with Crippen molar-refractivity contribution in [2.24, 2.45) is 0 Å². The maximum absolute atomic E-state index is 10.8. The second kappa shape index (κ2) is 6.05. The van der Waals surface area contributed by atoms with Gasteiger partial charge in [0, 0.05) is 19.3 Å². The highest BCUT2D eigenvalue weighted by Gasteiger charge is 2.03. The summed E-state index contributed by atoms with van der Waals surface area (Å²) in [5, 5.41) is 8.83. The number of para-hydroxylation sites is 1. The van der Waals surface area contributed by atoms with Gasteiger partial charge in [-0.25, -0.2) is 4.79 Å². The Kier molecular flexibility index (Phi) is 4.18. The summed E-state index contributed by atoms with van der Waals surface area (Å²) in [5.41, 5.74) is 2.66. The molecule has 0 fully saturated rings. The molecule has 0 spiro atoms. The van der Waals surface area contributed by atoms with Crippen LogP contribution < -0.4 is 4.90 Å². The van der Waals surface area contributed by atoms with E-state index in [2.05, 4.69) is 24.1 Å². The molecule has 0 saturated carbocycles. The summed E-state index contributed by atoms with van der Waals surface area (Å²) in [6.07, 6.45) is 0.894. The Bertz CT molecular complexity index is 534. The van der Waals surface area contributed by atoms with Crippen molar-refractivity contribution < 1.29 is 9.90 Å². The van der Waals surface area contributed by atoms with Crippen molar-refractivity contribution in [2.45, 2.75) is 6.42 Å². The van der Waals surface area contributed by atoms with Crippen LogP contribution in [0.15, 0.2) is 54.6 Å². The second-order valence-electron chi connectivity index (χ2n) is 4.51. The zero-order chi connectivity index (χ0) is 13.7. The van der Waals surface area contributed by atoms with Crippen molar-refractivity contribution in [1.82, 2.24) is 0 Å². The lowest BCUT2D eigenvalue weighted by Gasteiger charge is -2.19. The molecule has 98 valence electrons. The molecule has 2 aromatic rings. The molecule has 0 aliphatic carbocycles. The fourth-order valence-electron chi connectivity index (χ4n) is 1.92. The molecule has 0 saturated heterocycles. The van der Waals surface area contributed by atoms with Crippen molar-refractivity contribution in [2.75, 3.05) is 18.5 Å². The fraction of sp³-hybridized carbons (Fsp3) is 0.188. The number of rotatable bonds is 5. The zero-order valence-corrected chi connectivity index (χ0v) is 10.9. The van der Waals surface area contributed by atoms with Crippen LogP contribution in [0.4, 0.5) is 5.69 Å². The van der Waals surface area contributed by atoms with E-state index >= 15 is 0 Å². The standard InChI is InChI=1S/C16H17NO2/c1-17(15-5-3-2-4-6-15)12-11-13-7-9-14(10-8-13)16(18)19/h2-10H,11-12H2,1H3,(H,18,19). The number of nitrogens with zero attached hydrogens (tertiary/aromatic N) is 1. The van der Waals surface area contributed by atoms with Crippen molar-refractivity contribution in [3.8, 4) is 0 Å². The van der Waals surface area contributed by atoms with Gasteiger partial charge in [0.1, 0.15) is 0 Å². The summed E-state index contributed by atoms with van der Waals surface area (Å²) in [6.45, 7) is 0.899. The number of carboxylic acid groups (broad SMARTS) is 1. The summed E-state index contributed by atoms with van der Waals surface area (Å²) >= 11 is 0. The molecule has 0 aliphatic rings. The van der Waals surface area contributed by atoms with Gasteiger partial charge in [-0.15, -0.1) is 0 Å². The highest BCUT2D eigenvalue weighted by molar-refractivity contribution is 5.87. The minimum atomic E-state index is -0.882. The van der Waals surface area contributed by atoms with Gasteiger partial charge in [0.2, 0.25) is 0 Å². The van der Waals surface area contributed by atoms with Gasteiger partial charge in [-0.2, -0.15) is 0 Å². The molecule has 0 unspecified atom stereocenters. The Hall–Kier alpha value is -2.29. The van der Waals surface area contributed by atoms with E-state index in [1.807, 2.05) is 30.3 Å². The normalized spacial score (nSPS) is 10.2. The van der Waals surface area contributed by atoms with Crippen LogP contribution in [-0.4, -0.2) is 24.7 Å². The molecule has 0 aromatic heterocycles. The van der Waals surface area contributed by atoms with Crippen LogP contribution in [0, 0.1) is 0 Å². The molecular formula is C16H17NO2. The van der Waals surface area contributed by atoms with Crippen LogP contribution in [0.5, 0.6) is 0 Å². The highest BCUT2D eigenvalue weighted by atomic mass is 16.4. The fourth-order valence-corrected chi connectivity index (χ4v) is 1.92. The van der Waals surface area contributed by atoms with E-state index in [0.717, 1.165) is 18.5 Å². The summed E-state index contributed by atoms with van der Waals surface area (Å²) in [5.74, 6) is -0.882. The molecule has 0 amide bonds. The quantitative estimate of drug-likeness (QED) is 0.892. The number of hydrogen-bond acceptors (Lipinski definition) is 2. The van der Waals surface area contributed by atoms with E-state index < -0.39 is 5.97 Å². The topological polar surface area (TPSA) is 40.5 Å². The van der Waals surface area contributed by atoms with Gasteiger partial charge < -0.3 is 10.0 Å². The predicted octanol–water partition coefficient (Wildman–Crippen LogP) is 3.06. The number of hydrogen-bond donors (Lipinski definition) is 1. The molecule has 3 heteroatoms. The van der Waals surface area contributed by atoms with Crippen LogP contribution in [-0.2, 0) is 6.42 Å². The number of benzene rings is 2. The van der Waals surface area contributed by atoms with Crippen LogP contribution in [0.1, 0.15) is 15.9 Å². The Morgan fingerprint density at radius 1 is 1.05 bits per heavy atom. The number of likely N-dealkylation sites (N-methyl/N-ethyl adjacent to an activating group) is 1. The first-order chi connectivity index (χ1) is 9.16. The molecule has 0 heterocycles. The highest BCUT2D eigenvalue weighted by Crippen LogP contribution is 2.12. The number of carboxylic acids is 1. The molecule has 0 aliphatic heterocycles. The Labute approximate surface area is 113 Å². The third kappa shape index (κ3) is 3.58. The lowest BCUT2D eigenvalue weighted by atomic mass is 10.1. The van der Waals surface area contributed by atoms with Gasteiger partial charge in [0.25, 0.3) is 0 Å². The van der Waals surface area contributed by atoms with Crippen molar-refractivity contribution >= 4 is 11.7 Å².